The third-order valence-electron chi connectivity index (χ3n) is 17.3. The molecule has 2 aliphatic heterocycles. The lowest BCUT2D eigenvalue weighted by molar-refractivity contribution is 0.00268. The van der Waals surface area contributed by atoms with E-state index in [2.05, 4.69) is 20.4 Å². The highest BCUT2D eigenvalue weighted by atomic mass is 15.3. The summed E-state index contributed by atoms with van der Waals surface area (Å²) < 4.78 is 0. The summed E-state index contributed by atoms with van der Waals surface area (Å²) in [4.78, 5) is 6.50. The Balaban J connectivity index is 0.810. The monoisotopic (exact) mass is 661 g/mol. The summed E-state index contributed by atoms with van der Waals surface area (Å²) in [6.45, 7) is 1.23. The molecular formula is C44H76N4. The van der Waals surface area contributed by atoms with E-state index in [1.165, 1.54) is 154 Å². The number of hydrogen-bond acceptors (Lipinski definition) is 4. The van der Waals surface area contributed by atoms with E-state index in [0.717, 1.165) is 84.0 Å². The van der Waals surface area contributed by atoms with Gasteiger partial charge in [-0.1, -0.05) is 64.2 Å². The zero-order valence-electron chi connectivity index (χ0n) is 31.2. The molecule has 8 atom stereocenters. The largest absolute Gasteiger partial charge is 0.311 e. The van der Waals surface area contributed by atoms with Crippen molar-refractivity contribution in [2.45, 2.75) is 241 Å². The van der Waals surface area contributed by atoms with Crippen LogP contribution in [0.1, 0.15) is 186 Å². The Morgan fingerprint density at radius 3 is 1.69 bits per heavy atom. The number of likely N-dealkylation sites (tertiary alicyclic amines) is 1. The maximum absolute atomic E-state index is 4.20. The molecule has 0 aromatic carbocycles. The van der Waals surface area contributed by atoms with Crippen molar-refractivity contribution in [3.63, 3.8) is 0 Å². The van der Waals surface area contributed by atoms with Gasteiger partial charge >= 0.3 is 0 Å². The predicted molar refractivity (Wildman–Crippen MR) is 200 cm³/mol. The lowest BCUT2D eigenvalue weighted by Gasteiger charge is -2.50. The first-order valence-corrected chi connectivity index (χ1v) is 22.8. The van der Waals surface area contributed by atoms with Crippen LogP contribution in [0.3, 0.4) is 0 Å². The first-order valence-electron chi connectivity index (χ1n) is 22.8. The van der Waals surface area contributed by atoms with Crippen molar-refractivity contribution >= 4 is 0 Å². The smallest absolute Gasteiger partial charge is 0.0224 e. The van der Waals surface area contributed by atoms with Crippen LogP contribution in [0.5, 0.6) is 0 Å². The molecule has 7 saturated carbocycles. The van der Waals surface area contributed by atoms with E-state index in [4.69, 9.17) is 0 Å². The molecule has 9 aliphatic rings. The molecule has 9 rings (SSSR count). The predicted octanol–water partition coefficient (Wildman–Crippen LogP) is 9.60. The standard InChI is InChI=1S/C44H76N4/c1-3-11-34(12-4-1)47(35-13-5-2-6-14-35)36-24-19-31(20-25-36)33-23-28-44-39(29-33)38-15-7-10-18-43(38)48(44)37-26-21-32(22-27-37)42-30-45-40-16-8-9-17-41(40)46-42/h31-46H,1-30H2. The van der Waals surface area contributed by atoms with Gasteiger partial charge in [0.1, 0.15) is 0 Å². The molecule has 2 saturated heterocycles. The van der Waals surface area contributed by atoms with Gasteiger partial charge in [0.25, 0.3) is 0 Å². The molecule has 0 aromatic heterocycles. The van der Waals surface area contributed by atoms with E-state index < -0.39 is 0 Å². The Hall–Kier alpha value is -0.160. The van der Waals surface area contributed by atoms with Crippen LogP contribution in [0, 0.1) is 29.6 Å². The van der Waals surface area contributed by atoms with Crippen molar-refractivity contribution in [3.8, 4) is 0 Å². The van der Waals surface area contributed by atoms with Crippen molar-refractivity contribution in [3.05, 3.63) is 0 Å². The molecule has 2 N–H and O–H groups in total. The molecule has 0 amide bonds. The Kier molecular flexibility index (Phi) is 10.8. The average molecular weight is 661 g/mol. The molecule has 9 fully saturated rings. The summed E-state index contributed by atoms with van der Waals surface area (Å²) in [5.74, 6) is 5.10. The second-order valence-corrected chi connectivity index (χ2v) is 19.6. The summed E-state index contributed by atoms with van der Waals surface area (Å²) in [6, 6.07) is 7.84. The minimum atomic E-state index is 0.738. The highest BCUT2D eigenvalue weighted by Crippen LogP contribution is 2.55. The summed E-state index contributed by atoms with van der Waals surface area (Å²) in [5, 5.41) is 8.20. The van der Waals surface area contributed by atoms with E-state index in [1.54, 1.807) is 38.5 Å². The second kappa shape index (κ2) is 15.4. The fourth-order valence-electron chi connectivity index (χ4n) is 15.1. The van der Waals surface area contributed by atoms with E-state index in [0.29, 0.717) is 0 Å². The number of rotatable bonds is 6. The molecule has 48 heavy (non-hydrogen) atoms. The van der Waals surface area contributed by atoms with Gasteiger partial charge in [0.15, 0.2) is 0 Å². The summed E-state index contributed by atoms with van der Waals surface area (Å²) in [6.07, 6.45) is 43.8. The van der Waals surface area contributed by atoms with Crippen LogP contribution in [0.2, 0.25) is 0 Å². The fourth-order valence-corrected chi connectivity index (χ4v) is 15.1. The Bertz CT molecular complexity index is 985. The SMILES string of the molecule is C1CCC(N(C2CCCCC2)C2CCC(C3CCC4C(C3)C3CCCCC3N4C3CCC(C4CNC5CCCCC5N4)CC3)CC2)CC1. The second-order valence-electron chi connectivity index (χ2n) is 19.6. The van der Waals surface area contributed by atoms with Gasteiger partial charge in [0, 0.05) is 60.9 Å². The van der Waals surface area contributed by atoms with Crippen LogP contribution in [-0.2, 0) is 0 Å². The molecule has 272 valence electrons. The number of nitrogens with zero attached hydrogens (tertiary/aromatic N) is 2. The minimum Gasteiger partial charge on any atom is -0.311 e. The third-order valence-corrected chi connectivity index (χ3v) is 17.3. The van der Waals surface area contributed by atoms with E-state index in [1.807, 2.05) is 0 Å². The highest BCUT2D eigenvalue weighted by molar-refractivity contribution is 5.08. The maximum Gasteiger partial charge on any atom is 0.0224 e. The van der Waals surface area contributed by atoms with Crippen molar-refractivity contribution in [2.75, 3.05) is 6.54 Å². The molecule has 0 bridgehead atoms. The lowest BCUT2D eigenvalue weighted by Crippen LogP contribution is -2.64. The average Bonchev–Trinajstić information content (AvgIpc) is 3.50. The van der Waals surface area contributed by atoms with Gasteiger partial charge in [-0.05, 0) is 152 Å². The Morgan fingerprint density at radius 1 is 0.396 bits per heavy atom. The summed E-state index contributed by atoms with van der Waals surface area (Å²) in [7, 11) is 0. The minimum absolute atomic E-state index is 0.738. The van der Waals surface area contributed by atoms with Crippen LogP contribution in [0.15, 0.2) is 0 Å². The molecule has 0 aromatic rings. The molecule has 4 nitrogen and oxygen atoms in total. The van der Waals surface area contributed by atoms with Crippen LogP contribution in [0.4, 0.5) is 0 Å². The van der Waals surface area contributed by atoms with Crippen LogP contribution < -0.4 is 10.6 Å². The van der Waals surface area contributed by atoms with Gasteiger partial charge < -0.3 is 10.6 Å². The number of nitrogens with one attached hydrogen (secondary N) is 2. The lowest BCUT2D eigenvalue weighted by atomic mass is 9.65. The van der Waals surface area contributed by atoms with Crippen LogP contribution >= 0.6 is 0 Å². The van der Waals surface area contributed by atoms with Gasteiger partial charge in [-0.3, -0.25) is 9.80 Å². The van der Waals surface area contributed by atoms with Crippen molar-refractivity contribution in [2.24, 2.45) is 29.6 Å². The van der Waals surface area contributed by atoms with Gasteiger partial charge in [-0.2, -0.15) is 0 Å². The molecule has 2 heterocycles. The van der Waals surface area contributed by atoms with Crippen LogP contribution in [0.25, 0.3) is 0 Å². The van der Waals surface area contributed by atoms with Gasteiger partial charge in [0.2, 0.25) is 0 Å². The van der Waals surface area contributed by atoms with Gasteiger partial charge in [-0.25, -0.2) is 0 Å². The molecular weight excluding hydrogens is 585 g/mol. The third kappa shape index (κ3) is 6.87. The van der Waals surface area contributed by atoms with Gasteiger partial charge in [-0.15, -0.1) is 0 Å². The van der Waals surface area contributed by atoms with E-state index >= 15 is 0 Å². The summed E-state index contributed by atoms with van der Waals surface area (Å²) >= 11 is 0. The van der Waals surface area contributed by atoms with Gasteiger partial charge in [0.05, 0.1) is 0 Å². The Morgan fingerprint density at radius 2 is 0.958 bits per heavy atom. The van der Waals surface area contributed by atoms with Crippen LogP contribution in [-0.4, -0.2) is 70.7 Å². The molecule has 0 radical (unpaired) electrons. The van der Waals surface area contributed by atoms with Crippen molar-refractivity contribution < 1.29 is 0 Å². The quantitative estimate of drug-likeness (QED) is 0.297. The maximum atomic E-state index is 4.20. The zero-order chi connectivity index (χ0) is 31.9. The normalized spacial score (nSPS) is 46.9. The van der Waals surface area contributed by atoms with E-state index in [-0.39, 0.29) is 0 Å². The highest BCUT2D eigenvalue weighted by Gasteiger charge is 2.54. The summed E-state index contributed by atoms with van der Waals surface area (Å²) in [5.41, 5.74) is 0. The number of hydrogen-bond donors (Lipinski definition) is 2. The Labute approximate surface area is 296 Å². The fraction of sp³-hybridized carbons (Fsp3) is 1.00. The topological polar surface area (TPSA) is 30.5 Å². The van der Waals surface area contributed by atoms with Crippen molar-refractivity contribution in [1.29, 1.82) is 0 Å². The van der Waals surface area contributed by atoms with Crippen molar-refractivity contribution in [1.82, 2.24) is 20.4 Å². The first kappa shape index (κ1) is 33.7. The molecule has 0 spiro atoms. The first-order chi connectivity index (χ1) is 23.8. The number of piperazine rings is 1. The number of fused-ring (bicyclic) bond motifs is 4. The van der Waals surface area contributed by atoms with E-state index in [9.17, 15) is 0 Å². The molecule has 4 heteroatoms. The molecule has 8 unspecified atom stereocenters. The molecule has 7 aliphatic carbocycles. The zero-order valence-corrected chi connectivity index (χ0v) is 31.2.